The quantitative estimate of drug-likeness (QED) is 0.642. The smallest absolute Gasteiger partial charge is 0.217 e. The number of rotatable bonds is 2. The van der Waals surface area contributed by atoms with Crippen molar-refractivity contribution in [1.29, 1.82) is 0 Å². The van der Waals surface area contributed by atoms with E-state index in [4.69, 9.17) is 9.47 Å². The highest BCUT2D eigenvalue weighted by Gasteiger charge is 2.36. The van der Waals surface area contributed by atoms with Crippen LogP contribution in [-0.2, 0) is 14.3 Å². The molecule has 1 saturated heterocycles. The molecule has 0 bridgehead atoms. The molecule has 1 fully saturated rings. The molecule has 1 rings (SSSR count). The molecule has 5 nitrogen and oxygen atoms in total. The molecule has 0 aromatic carbocycles. The number of carbonyl (C=O) groups excluding carboxylic acids is 1. The van der Waals surface area contributed by atoms with Gasteiger partial charge >= 0.3 is 0 Å². The summed E-state index contributed by atoms with van der Waals surface area (Å²) in [7, 11) is 1.56. The van der Waals surface area contributed by atoms with Crippen molar-refractivity contribution in [2.24, 2.45) is 0 Å². The average Bonchev–Trinajstić information content (AvgIpc) is 2.08. The van der Waals surface area contributed by atoms with E-state index in [2.05, 4.69) is 5.32 Å². The van der Waals surface area contributed by atoms with Crippen LogP contribution in [0.1, 0.15) is 20.3 Å². The first-order chi connectivity index (χ1) is 6.54. The van der Waals surface area contributed by atoms with E-state index in [1.54, 1.807) is 14.0 Å². The van der Waals surface area contributed by atoms with Crippen LogP contribution >= 0.6 is 0 Å². The monoisotopic (exact) mass is 203 g/mol. The van der Waals surface area contributed by atoms with Gasteiger partial charge in [-0.1, -0.05) is 0 Å². The zero-order valence-electron chi connectivity index (χ0n) is 8.69. The Morgan fingerprint density at radius 2 is 2.29 bits per heavy atom. The van der Waals surface area contributed by atoms with Crippen molar-refractivity contribution in [1.82, 2.24) is 5.32 Å². The minimum Gasteiger partial charge on any atom is -0.379 e. The maximum absolute atomic E-state index is 10.9. The van der Waals surface area contributed by atoms with E-state index in [9.17, 15) is 9.90 Å². The molecule has 0 saturated carbocycles. The predicted molar refractivity (Wildman–Crippen MR) is 49.6 cm³/mol. The first kappa shape index (κ1) is 11.4. The van der Waals surface area contributed by atoms with Crippen LogP contribution in [0, 0.1) is 0 Å². The molecule has 0 radical (unpaired) electrons. The second kappa shape index (κ2) is 4.72. The molecular weight excluding hydrogens is 186 g/mol. The number of aliphatic hydroxyl groups excluding tert-OH is 1. The van der Waals surface area contributed by atoms with Gasteiger partial charge in [-0.2, -0.15) is 0 Å². The SMILES string of the molecule is CO[C@H]1C[C@@H](O)O[C@@H](C)[C@@H]1NC(C)=O. The molecule has 1 heterocycles. The highest BCUT2D eigenvalue weighted by molar-refractivity contribution is 5.73. The highest BCUT2D eigenvalue weighted by atomic mass is 16.6. The zero-order chi connectivity index (χ0) is 10.7. The van der Waals surface area contributed by atoms with Crippen LogP contribution in [0.15, 0.2) is 0 Å². The van der Waals surface area contributed by atoms with Gasteiger partial charge in [0, 0.05) is 20.5 Å². The van der Waals surface area contributed by atoms with Crippen molar-refractivity contribution >= 4 is 5.91 Å². The van der Waals surface area contributed by atoms with E-state index in [1.807, 2.05) is 0 Å². The van der Waals surface area contributed by atoms with E-state index < -0.39 is 6.29 Å². The number of ether oxygens (including phenoxy) is 2. The molecule has 1 aliphatic heterocycles. The van der Waals surface area contributed by atoms with Gasteiger partial charge in [-0.25, -0.2) is 0 Å². The van der Waals surface area contributed by atoms with E-state index in [0.717, 1.165) is 0 Å². The molecule has 14 heavy (non-hydrogen) atoms. The van der Waals surface area contributed by atoms with Crippen LogP contribution in [0.5, 0.6) is 0 Å². The molecule has 5 heteroatoms. The fourth-order valence-corrected chi connectivity index (χ4v) is 1.72. The largest absolute Gasteiger partial charge is 0.379 e. The minimum atomic E-state index is -0.806. The summed E-state index contributed by atoms with van der Waals surface area (Å²) >= 11 is 0. The van der Waals surface area contributed by atoms with Gasteiger partial charge in [0.05, 0.1) is 18.2 Å². The third-order valence-corrected chi connectivity index (χ3v) is 2.38. The molecule has 1 aliphatic rings. The van der Waals surface area contributed by atoms with Gasteiger partial charge in [-0.3, -0.25) is 4.79 Å². The van der Waals surface area contributed by atoms with Crippen molar-refractivity contribution in [3.63, 3.8) is 0 Å². The minimum absolute atomic E-state index is 0.121. The molecule has 2 N–H and O–H groups in total. The Hall–Kier alpha value is -0.650. The van der Waals surface area contributed by atoms with Crippen LogP contribution < -0.4 is 5.32 Å². The third kappa shape index (κ3) is 2.67. The van der Waals surface area contributed by atoms with E-state index >= 15 is 0 Å². The zero-order valence-corrected chi connectivity index (χ0v) is 8.69. The fraction of sp³-hybridized carbons (Fsp3) is 0.889. The van der Waals surface area contributed by atoms with Gasteiger partial charge in [0.2, 0.25) is 5.91 Å². The second-order valence-corrected chi connectivity index (χ2v) is 3.53. The van der Waals surface area contributed by atoms with Crippen molar-refractivity contribution in [3.05, 3.63) is 0 Å². The fourth-order valence-electron chi connectivity index (χ4n) is 1.72. The molecule has 1 amide bonds. The molecule has 0 unspecified atom stereocenters. The lowest BCUT2D eigenvalue weighted by molar-refractivity contribution is -0.201. The molecule has 4 atom stereocenters. The van der Waals surface area contributed by atoms with Crippen LogP contribution in [0.4, 0.5) is 0 Å². The van der Waals surface area contributed by atoms with Crippen molar-refractivity contribution in [2.75, 3.05) is 7.11 Å². The molecular formula is C9H17NO4. The summed E-state index contributed by atoms with van der Waals surface area (Å²) < 4.78 is 10.4. The molecule has 0 aromatic rings. The summed E-state index contributed by atoms with van der Waals surface area (Å²) in [6.45, 7) is 3.25. The number of methoxy groups -OCH3 is 1. The van der Waals surface area contributed by atoms with Gasteiger partial charge in [0.1, 0.15) is 0 Å². The van der Waals surface area contributed by atoms with Crippen LogP contribution in [-0.4, -0.2) is 42.7 Å². The molecule has 0 aliphatic carbocycles. The summed E-state index contributed by atoms with van der Waals surface area (Å²) in [5.41, 5.74) is 0. The Bertz CT molecular complexity index is 209. The number of carbonyl (C=O) groups is 1. The third-order valence-electron chi connectivity index (χ3n) is 2.38. The lowest BCUT2D eigenvalue weighted by Crippen LogP contribution is -2.56. The standard InChI is InChI=1S/C9H17NO4/c1-5-9(10-6(2)11)7(13-3)4-8(12)14-5/h5,7-9,12H,4H2,1-3H3,(H,10,11)/t5-,7-,8-,9-/m0/s1. The number of hydrogen-bond acceptors (Lipinski definition) is 4. The van der Waals surface area contributed by atoms with Crippen LogP contribution in [0.2, 0.25) is 0 Å². The van der Waals surface area contributed by atoms with Gasteiger partial charge in [-0.15, -0.1) is 0 Å². The Labute approximate surface area is 83.4 Å². The molecule has 0 aromatic heterocycles. The first-order valence-electron chi connectivity index (χ1n) is 4.68. The first-order valence-corrected chi connectivity index (χ1v) is 4.68. The highest BCUT2D eigenvalue weighted by Crippen LogP contribution is 2.20. The van der Waals surface area contributed by atoms with Crippen LogP contribution in [0.3, 0.4) is 0 Å². The van der Waals surface area contributed by atoms with Gasteiger partial charge in [0.15, 0.2) is 6.29 Å². The molecule has 0 spiro atoms. The number of hydrogen-bond donors (Lipinski definition) is 2. The van der Waals surface area contributed by atoms with E-state index in [1.165, 1.54) is 6.92 Å². The van der Waals surface area contributed by atoms with Crippen molar-refractivity contribution in [3.8, 4) is 0 Å². The molecule has 82 valence electrons. The Kier molecular flexibility index (Phi) is 3.86. The Morgan fingerprint density at radius 3 is 2.79 bits per heavy atom. The number of amides is 1. The summed E-state index contributed by atoms with van der Waals surface area (Å²) in [6, 6.07) is -0.194. The predicted octanol–water partition coefficient (Wildman–Crippen LogP) is -0.367. The lowest BCUT2D eigenvalue weighted by atomic mass is 9.99. The maximum Gasteiger partial charge on any atom is 0.217 e. The van der Waals surface area contributed by atoms with Gasteiger partial charge in [0.25, 0.3) is 0 Å². The van der Waals surface area contributed by atoms with Gasteiger partial charge < -0.3 is 19.9 Å². The van der Waals surface area contributed by atoms with E-state index in [-0.39, 0.29) is 24.2 Å². The normalized spacial score (nSPS) is 38.0. The second-order valence-electron chi connectivity index (χ2n) is 3.53. The average molecular weight is 203 g/mol. The number of aliphatic hydroxyl groups is 1. The van der Waals surface area contributed by atoms with Crippen molar-refractivity contribution < 1.29 is 19.4 Å². The van der Waals surface area contributed by atoms with Crippen LogP contribution in [0.25, 0.3) is 0 Å². The summed E-state index contributed by atoms with van der Waals surface area (Å²) in [6.07, 6.45) is -0.864. The number of nitrogens with one attached hydrogen (secondary N) is 1. The van der Waals surface area contributed by atoms with Gasteiger partial charge in [-0.05, 0) is 6.92 Å². The summed E-state index contributed by atoms with van der Waals surface area (Å²) in [5.74, 6) is -0.121. The summed E-state index contributed by atoms with van der Waals surface area (Å²) in [5, 5.41) is 12.1. The van der Waals surface area contributed by atoms with E-state index in [0.29, 0.717) is 6.42 Å². The topological polar surface area (TPSA) is 67.8 Å². The van der Waals surface area contributed by atoms with Crippen molar-refractivity contribution in [2.45, 2.75) is 44.8 Å². The Morgan fingerprint density at radius 1 is 1.64 bits per heavy atom. The lowest BCUT2D eigenvalue weighted by Gasteiger charge is -2.38. The Balaban J connectivity index is 2.63. The summed E-state index contributed by atoms with van der Waals surface area (Å²) in [4.78, 5) is 10.9. The maximum atomic E-state index is 10.9.